The smallest absolute Gasteiger partial charge is 0.358 e. The predicted molar refractivity (Wildman–Crippen MR) is 80.5 cm³/mol. The van der Waals surface area contributed by atoms with Crippen molar-refractivity contribution in [3.8, 4) is 6.01 Å². The molecule has 0 unspecified atom stereocenters. The molecule has 0 radical (unpaired) electrons. The van der Waals surface area contributed by atoms with Gasteiger partial charge < -0.3 is 9.47 Å². The number of allylic oxidation sites excluding steroid dienone is 1. The van der Waals surface area contributed by atoms with E-state index in [1.165, 1.54) is 4.57 Å². The van der Waals surface area contributed by atoms with Gasteiger partial charge in [0.15, 0.2) is 0 Å². The normalized spacial score (nSPS) is 17.7. The van der Waals surface area contributed by atoms with E-state index in [9.17, 15) is 4.79 Å². The minimum Gasteiger partial charge on any atom is -0.462 e. The van der Waals surface area contributed by atoms with Crippen LogP contribution in [0.4, 0.5) is 5.95 Å². The second kappa shape index (κ2) is 6.36. The standard InChI is InChI=1S/C14H23N4O3/c1-5-6-17-13(19)15-12(16-14(17)21-11(2)3)18(4)7-9-20-10-8-18/h5,11H,1,6-10H2,2-4H3/q+1. The van der Waals surface area contributed by atoms with Gasteiger partial charge >= 0.3 is 17.6 Å². The van der Waals surface area contributed by atoms with E-state index in [-0.39, 0.29) is 11.8 Å². The summed E-state index contributed by atoms with van der Waals surface area (Å²) >= 11 is 0. The first-order chi connectivity index (χ1) is 9.96. The molecular weight excluding hydrogens is 272 g/mol. The van der Waals surface area contributed by atoms with Crippen molar-refractivity contribution in [1.82, 2.24) is 19.0 Å². The van der Waals surface area contributed by atoms with Gasteiger partial charge in [0.2, 0.25) is 0 Å². The van der Waals surface area contributed by atoms with Gasteiger partial charge in [-0.3, -0.25) is 4.48 Å². The lowest BCUT2D eigenvalue weighted by Gasteiger charge is -2.34. The molecular formula is C14H23N4O3+. The Bertz CT molecular complexity index is 562. The molecule has 116 valence electrons. The maximum absolute atomic E-state index is 12.3. The summed E-state index contributed by atoms with van der Waals surface area (Å²) in [5.74, 6) is 0.485. The molecule has 1 fully saturated rings. The molecule has 1 aliphatic heterocycles. The number of rotatable bonds is 5. The van der Waals surface area contributed by atoms with Crippen LogP contribution < -0.4 is 14.9 Å². The summed E-state index contributed by atoms with van der Waals surface area (Å²) in [6, 6.07) is 0.297. The summed E-state index contributed by atoms with van der Waals surface area (Å²) in [7, 11) is 2.01. The number of nitrogens with zero attached hydrogens (tertiary/aromatic N) is 4. The highest BCUT2D eigenvalue weighted by Gasteiger charge is 2.33. The molecule has 0 bridgehead atoms. The SMILES string of the molecule is C=CCn1c(OC(C)C)nc([N+]2(C)CCOCC2)nc1=O. The molecule has 0 saturated carbocycles. The van der Waals surface area contributed by atoms with Crippen molar-refractivity contribution in [3.05, 3.63) is 23.1 Å². The van der Waals surface area contributed by atoms with Crippen molar-refractivity contribution in [3.63, 3.8) is 0 Å². The fraction of sp³-hybridized carbons (Fsp3) is 0.643. The van der Waals surface area contributed by atoms with E-state index in [4.69, 9.17) is 9.47 Å². The van der Waals surface area contributed by atoms with Crippen LogP contribution in [0, 0.1) is 0 Å². The fourth-order valence-electron chi connectivity index (χ4n) is 2.17. The van der Waals surface area contributed by atoms with Gasteiger partial charge in [0, 0.05) is 0 Å². The molecule has 7 nitrogen and oxygen atoms in total. The lowest BCUT2D eigenvalue weighted by atomic mass is 10.4. The maximum atomic E-state index is 12.3. The Morgan fingerprint density at radius 1 is 1.43 bits per heavy atom. The predicted octanol–water partition coefficient (Wildman–Crippen LogP) is 0.579. The van der Waals surface area contributed by atoms with Crippen molar-refractivity contribution in [1.29, 1.82) is 0 Å². The van der Waals surface area contributed by atoms with Gasteiger partial charge in [-0.25, -0.2) is 9.36 Å². The second-order valence-electron chi connectivity index (χ2n) is 5.61. The Morgan fingerprint density at radius 3 is 2.67 bits per heavy atom. The highest BCUT2D eigenvalue weighted by molar-refractivity contribution is 5.25. The van der Waals surface area contributed by atoms with Gasteiger partial charge in [0.1, 0.15) is 13.1 Å². The van der Waals surface area contributed by atoms with Gasteiger partial charge in [0.05, 0.1) is 32.9 Å². The van der Waals surface area contributed by atoms with E-state index < -0.39 is 0 Å². The van der Waals surface area contributed by atoms with Crippen molar-refractivity contribution < 1.29 is 9.47 Å². The molecule has 0 atom stereocenters. The van der Waals surface area contributed by atoms with Crippen molar-refractivity contribution in [2.45, 2.75) is 26.5 Å². The third kappa shape index (κ3) is 3.48. The summed E-state index contributed by atoms with van der Waals surface area (Å²) in [4.78, 5) is 20.9. The molecule has 0 amide bonds. The number of hydrogen-bond acceptors (Lipinski definition) is 5. The number of quaternary nitrogens is 1. The van der Waals surface area contributed by atoms with Crippen molar-refractivity contribution >= 4 is 5.95 Å². The average Bonchev–Trinajstić information content (AvgIpc) is 2.42. The summed E-state index contributed by atoms with van der Waals surface area (Å²) < 4.78 is 12.9. The average molecular weight is 295 g/mol. The Labute approximate surface area is 124 Å². The lowest BCUT2D eigenvalue weighted by molar-refractivity contribution is 0.0487. The van der Waals surface area contributed by atoms with E-state index in [1.54, 1.807) is 6.08 Å². The number of ether oxygens (including phenoxy) is 2. The summed E-state index contributed by atoms with van der Waals surface area (Å²) in [6.07, 6.45) is 1.56. The summed E-state index contributed by atoms with van der Waals surface area (Å²) in [6.45, 7) is 10.5. The van der Waals surface area contributed by atoms with E-state index in [0.717, 1.165) is 13.1 Å². The quantitative estimate of drug-likeness (QED) is 0.587. The highest BCUT2D eigenvalue weighted by Crippen LogP contribution is 2.19. The Morgan fingerprint density at radius 2 is 2.10 bits per heavy atom. The molecule has 0 aromatic carbocycles. The molecule has 1 aromatic rings. The summed E-state index contributed by atoms with van der Waals surface area (Å²) in [5.41, 5.74) is -0.360. The number of hydrogen-bond donors (Lipinski definition) is 0. The first-order valence-electron chi connectivity index (χ1n) is 7.15. The van der Waals surface area contributed by atoms with E-state index in [2.05, 4.69) is 16.5 Å². The zero-order valence-corrected chi connectivity index (χ0v) is 12.9. The van der Waals surface area contributed by atoms with Crippen molar-refractivity contribution in [2.24, 2.45) is 0 Å². The van der Waals surface area contributed by atoms with Gasteiger partial charge in [-0.2, -0.15) is 0 Å². The Kier molecular flexibility index (Phi) is 4.74. The number of morpholine rings is 1. The molecule has 21 heavy (non-hydrogen) atoms. The van der Waals surface area contributed by atoms with Crippen LogP contribution in [0.15, 0.2) is 17.4 Å². The Balaban J connectivity index is 2.46. The summed E-state index contributed by atoms with van der Waals surface area (Å²) in [5, 5.41) is 0. The van der Waals surface area contributed by atoms with E-state index in [1.807, 2.05) is 20.9 Å². The van der Waals surface area contributed by atoms with Gasteiger partial charge in [-0.15, -0.1) is 16.5 Å². The number of likely N-dealkylation sites (N-methyl/N-ethyl adjacent to an activating group) is 1. The fourth-order valence-corrected chi connectivity index (χ4v) is 2.17. The minimum absolute atomic E-state index is 0.0711. The van der Waals surface area contributed by atoms with Crippen LogP contribution in [-0.4, -0.2) is 54.0 Å². The van der Waals surface area contributed by atoms with E-state index >= 15 is 0 Å². The first kappa shape index (κ1) is 15.7. The first-order valence-corrected chi connectivity index (χ1v) is 7.15. The van der Waals surface area contributed by atoms with Crippen LogP contribution in [0.1, 0.15) is 13.8 Å². The lowest BCUT2D eigenvalue weighted by Crippen LogP contribution is -2.55. The molecule has 0 spiro atoms. The third-order valence-electron chi connectivity index (χ3n) is 3.45. The largest absolute Gasteiger partial charge is 0.462 e. The molecule has 2 rings (SSSR count). The minimum atomic E-state index is -0.360. The maximum Gasteiger partial charge on any atom is 0.358 e. The zero-order valence-electron chi connectivity index (χ0n) is 12.9. The van der Waals surface area contributed by atoms with Crippen LogP contribution >= 0.6 is 0 Å². The molecule has 1 aromatic heterocycles. The van der Waals surface area contributed by atoms with Crippen LogP contribution in [-0.2, 0) is 11.3 Å². The number of aromatic nitrogens is 3. The van der Waals surface area contributed by atoms with Crippen molar-refractivity contribution in [2.75, 3.05) is 33.4 Å². The second-order valence-corrected chi connectivity index (χ2v) is 5.61. The van der Waals surface area contributed by atoms with Gasteiger partial charge in [-0.1, -0.05) is 6.08 Å². The van der Waals surface area contributed by atoms with Crippen LogP contribution in [0.5, 0.6) is 6.01 Å². The molecule has 7 heteroatoms. The van der Waals surface area contributed by atoms with Crippen LogP contribution in [0.2, 0.25) is 0 Å². The molecule has 0 aliphatic carbocycles. The molecule has 1 saturated heterocycles. The zero-order chi connectivity index (χ0) is 15.5. The topological polar surface area (TPSA) is 66.2 Å². The monoisotopic (exact) mass is 295 g/mol. The van der Waals surface area contributed by atoms with Gasteiger partial charge in [-0.05, 0) is 13.8 Å². The molecule has 2 heterocycles. The van der Waals surface area contributed by atoms with Gasteiger partial charge in [0.25, 0.3) is 0 Å². The Hall–Kier alpha value is -1.73. The van der Waals surface area contributed by atoms with E-state index in [0.29, 0.717) is 36.2 Å². The molecule has 1 aliphatic rings. The van der Waals surface area contributed by atoms with Crippen LogP contribution in [0.3, 0.4) is 0 Å². The highest BCUT2D eigenvalue weighted by atomic mass is 16.5. The third-order valence-corrected chi connectivity index (χ3v) is 3.45. The van der Waals surface area contributed by atoms with Crippen LogP contribution in [0.25, 0.3) is 0 Å². The molecule has 0 N–H and O–H groups in total.